The van der Waals surface area contributed by atoms with Gasteiger partial charge in [0.15, 0.2) is 0 Å². The van der Waals surface area contributed by atoms with E-state index in [1.54, 1.807) is 0 Å². The molecule has 0 saturated heterocycles. The van der Waals surface area contributed by atoms with Gasteiger partial charge in [-0.3, -0.25) is 0 Å². The summed E-state index contributed by atoms with van der Waals surface area (Å²) >= 11 is 0. The Morgan fingerprint density at radius 2 is 2.07 bits per heavy atom. The average Bonchev–Trinajstić information content (AvgIpc) is 2.47. The SMILES string of the molecule is CC1(Cc2ccccc2)CCC(N)C1. The fraction of sp³-hybridized carbons (Fsp3) is 0.538. The minimum Gasteiger partial charge on any atom is -0.328 e. The van der Waals surface area contributed by atoms with E-state index in [1.807, 2.05) is 0 Å². The van der Waals surface area contributed by atoms with Crippen LogP contribution in [0.3, 0.4) is 0 Å². The maximum atomic E-state index is 5.96. The van der Waals surface area contributed by atoms with Gasteiger partial charge in [-0.15, -0.1) is 0 Å². The summed E-state index contributed by atoms with van der Waals surface area (Å²) in [5.74, 6) is 0. The summed E-state index contributed by atoms with van der Waals surface area (Å²) in [6, 6.07) is 11.2. The van der Waals surface area contributed by atoms with Crippen molar-refractivity contribution in [2.75, 3.05) is 0 Å². The Bertz CT molecular complexity index is 293. The molecule has 1 aliphatic rings. The Labute approximate surface area is 86.3 Å². The summed E-state index contributed by atoms with van der Waals surface area (Å²) in [5, 5.41) is 0. The van der Waals surface area contributed by atoms with Crippen molar-refractivity contribution in [2.24, 2.45) is 11.1 Å². The van der Waals surface area contributed by atoms with Gasteiger partial charge in [-0.25, -0.2) is 0 Å². The zero-order valence-corrected chi connectivity index (χ0v) is 8.87. The van der Waals surface area contributed by atoms with Gasteiger partial charge in [0, 0.05) is 6.04 Å². The summed E-state index contributed by atoms with van der Waals surface area (Å²) in [6.45, 7) is 2.37. The number of rotatable bonds is 2. The van der Waals surface area contributed by atoms with E-state index >= 15 is 0 Å². The Kier molecular flexibility index (Phi) is 2.60. The van der Waals surface area contributed by atoms with E-state index in [4.69, 9.17) is 5.73 Å². The standard InChI is InChI=1S/C13H19N/c1-13(8-7-12(14)10-13)9-11-5-3-2-4-6-11/h2-6,12H,7-10,14H2,1H3. The van der Waals surface area contributed by atoms with Gasteiger partial charge in [-0.05, 0) is 36.7 Å². The van der Waals surface area contributed by atoms with Gasteiger partial charge in [-0.2, -0.15) is 0 Å². The number of hydrogen-bond donors (Lipinski definition) is 1. The molecule has 14 heavy (non-hydrogen) atoms. The van der Waals surface area contributed by atoms with Crippen molar-refractivity contribution in [1.29, 1.82) is 0 Å². The molecule has 2 rings (SSSR count). The van der Waals surface area contributed by atoms with Gasteiger partial charge >= 0.3 is 0 Å². The Hall–Kier alpha value is -0.820. The summed E-state index contributed by atoms with van der Waals surface area (Å²) in [6.07, 6.45) is 4.84. The van der Waals surface area contributed by atoms with E-state index in [0.29, 0.717) is 11.5 Å². The lowest BCUT2D eigenvalue weighted by Crippen LogP contribution is -2.21. The molecule has 0 aliphatic heterocycles. The molecule has 0 heterocycles. The highest BCUT2D eigenvalue weighted by atomic mass is 14.7. The maximum absolute atomic E-state index is 5.96. The first kappa shape index (κ1) is 9.72. The van der Waals surface area contributed by atoms with Crippen molar-refractivity contribution in [3.8, 4) is 0 Å². The van der Waals surface area contributed by atoms with Crippen LogP contribution in [0.15, 0.2) is 30.3 Å². The van der Waals surface area contributed by atoms with Crippen molar-refractivity contribution >= 4 is 0 Å². The second kappa shape index (κ2) is 3.74. The molecular formula is C13H19N. The Balaban J connectivity index is 2.04. The van der Waals surface area contributed by atoms with Crippen LogP contribution in [0.4, 0.5) is 0 Å². The zero-order chi connectivity index (χ0) is 10.0. The molecule has 2 unspecified atom stereocenters. The monoisotopic (exact) mass is 189 g/mol. The summed E-state index contributed by atoms with van der Waals surface area (Å²) in [4.78, 5) is 0. The van der Waals surface area contributed by atoms with Gasteiger partial charge in [0.2, 0.25) is 0 Å². The van der Waals surface area contributed by atoms with Crippen LogP contribution in [-0.4, -0.2) is 6.04 Å². The largest absolute Gasteiger partial charge is 0.328 e. The predicted octanol–water partition coefficient (Wildman–Crippen LogP) is 2.75. The average molecular weight is 189 g/mol. The van der Waals surface area contributed by atoms with Crippen molar-refractivity contribution < 1.29 is 0 Å². The quantitative estimate of drug-likeness (QED) is 0.760. The molecule has 1 aromatic rings. The molecular weight excluding hydrogens is 170 g/mol. The molecule has 1 saturated carbocycles. The normalized spacial score (nSPS) is 32.0. The fourth-order valence-electron chi connectivity index (χ4n) is 2.62. The van der Waals surface area contributed by atoms with E-state index in [-0.39, 0.29) is 0 Å². The minimum atomic E-state index is 0.434. The van der Waals surface area contributed by atoms with Crippen molar-refractivity contribution in [1.82, 2.24) is 0 Å². The van der Waals surface area contributed by atoms with Crippen LogP contribution < -0.4 is 5.73 Å². The van der Waals surface area contributed by atoms with Gasteiger partial charge in [0.05, 0.1) is 0 Å². The van der Waals surface area contributed by atoms with E-state index in [1.165, 1.54) is 31.2 Å². The third kappa shape index (κ3) is 2.16. The molecule has 1 nitrogen and oxygen atoms in total. The summed E-state index contributed by atoms with van der Waals surface area (Å²) < 4.78 is 0. The second-order valence-corrected chi connectivity index (χ2v) is 4.98. The highest BCUT2D eigenvalue weighted by molar-refractivity contribution is 5.17. The van der Waals surface area contributed by atoms with Gasteiger partial charge < -0.3 is 5.73 Å². The summed E-state index contributed by atoms with van der Waals surface area (Å²) in [5.41, 5.74) is 7.86. The molecule has 1 heteroatoms. The molecule has 2 atom stereocenters. The molecule has 76 valence electrons. The van der Waals surface area contributed by atoms with E-state index < -0.39 is 0 Å². The van der Waals surface area contributed by atoms with Gasteiger partial charge in [-0.1, -0.05) is 37.3 Å². The third-order valence-corrected chi connectivity index (χ3v) is 3.35. The molecule has 1 aliphatic carbocycles. The zero-order valence-electron chi connectivity index (χ0n) is 8.87. The number of benzene rings is 1. The van der Waals surface area contributed by atoms with Gasteiger partial charge in [0.1, 0.15) is 0 Å². The van der Waals surface area contributed by atoms with Crippen molar-refractivity contribution in [2.45, 2.75) is 38.6 Å². The van der Waals surface area contributed by atoms with Crippen LogP contribution >= 0.6 is 0 Å². The highest BCUT2D eigenvalue weighted by Gasteiger charge is 2.33. The maximum Gasteiger partial charge on any atom is 0.00443 e. The van der Waals surface area contributed by atoms with E-state index in [0.717, 1.165) is 0 Å². The van der Waals surface area contributed by atoms with Crippen LogP contribution in [0, 0.1) is 5.41 Å². The minimum absolute atomic E-state index is 0.434. The van der Waals surface area contributed by atoms with E-state index in [9.17, 15) is 0 Å². The third-order valence-electron chi connectivity index (χ3n) is 3.35. The molecule has 0 radical (unpaired) electrons. The summed E-state index contributed by atoms with van der Waals surface area (Å²) in [7, 11) is 0. The first-order valence-electron chi connectivity index (χ1n) is 5.47. The van der Waals surface area contributed by atoms with Crippen LogP contribution in [0.2, 0.25) is 0 Å². The lowest BCUT2D eigenvalue weighted by molar-refractivity contribution is 0.329. The fourth-order valence-corrected chi connectivity index (χ4v) is 2.62. The first-order valence-corrected chi connectivity index (χ1v) is 5.47. The number of nitrogens with two attached hydrogens (primary N) is 1. The molecule has 1 fully saturated rings. The predicted molar refractivity (Wildman–Crippen MR) is 60.1 cm³/mol. The van der Waals surface area contributed by atoms with Crippen LogP contribution in [0.5, 0.6) is 0 Å². The second-order valence-electron chi connectivity index (χ2n) is 4.98. The molecule has 0 spiro atoms. The van der Waals surface area contributed by atoms with Crippen LogP contribution in [0.25, 0.3) is 0 Å². The molecule has 0 bridgehead atoms. The smallest absolute Gasteiger partial charge is 0.00443 e. The topological polar surface area (TPSA) is 26.0 Å². The van der Waals surface area contributed by atoms with Crippen molar-refractivity contribution in [3.63, 3.8) is 0 Å². The van der Waals surface area contributed by atoms with Crippen LogP contribution in [0.1, 0.15) is 31.7 Å². The first-order chi connectivity index (χ1) is 6.68. The van der Waals surface area contributed by atoms with E-state index in [2.05, 4.69) is 37.3 Å². The Morgan fingerprint density at radius 3 is 2.64 bits per heavy atom. The molecule has 0 amide bonds. The highest BCUT2D eigenvalue weighted by Crippen LogP contribution is 2.39. The molecule has 2 N–H and O–H groups in total. The van der Waals surface area contributed by atoms with Crippen LogP contribution in [-0.2, 0) is 6.42 Å². The molecule has 0 aromatic heterocycles. The lowest BCUT2D eigenvalue weighted by atomic mass is 9.82. The lowest BCUT2D eigenvalue weighted by Gasteiger charge is -2.23. The van der Waals surface area contributed by atoms with Gasteiger partial charge in [0.25, 0.3) is 0 Å². The Morgan fingerprint density at radius 1 is 1.36 bits per heavy atom. The molecule has 1 aromatic carbocycles. The number of hydrogen-bond acceptors (Lipinski definition) is 1. The van der Waals surface area contributed by atoms with Crippen molar-refractivity contribution in [3.05, 3.63) is 35.9 Å².